The molecule has 0 unspecified atom stereocenters. The molecule has 0 bridgehead atoms. The lowest BCUT2D eigenvalue weighted by Gasteiger charge is -2.15. The van der Waals surface area contributed by atoms with E-state index in [0.29, 0.717) is 11.5 Å². The fourth-order valence-electron chi connectivity index (χ4n) is 2.29. The van der Waals surface area contributed by atoms with Crippen LogP contribution in [0.2, 0.25) is 0 Å². The Labute approximate surface area is 146 Å². The number of ether oxygens (including phenoxy) is 3. The summed E-state index contributed by atoms with van der Waals surface area (Å²) in [4.78, 5) is 24.2. The Balaban J connectivity index is 1.94. The monoisotopic (exact) mass is 343 g/mol. The molecule has 0 aromatic heterocycles. The molecule has 0 saturated heterocycles. The number of hydrogen-bond donors (Lipinski definition) is 1. The molecule has 1 amide bonds. The number of carbonyl (C=O) groups is 2. The van der Waals surface area contributed by atoms with Crippen LogP contribution in [-0.4, -0.2) is 32.7 Å². The molecule has 1 N–H and O–H groups in total. The largest absolute Gasteiger partial charge is 0.497 e. The van der Waals surface area contributed by atoms with E-state index in [1.54, 1.807) is 12.1 Å². The SMILES string of the molecule is COc1ccc(OC)c(C(=O)OCC(=O)N[C@@H](C)c2ccccc2)c1. The second-order valence-electron chi connectivity index (χ2n) is 5.34. The zero-order chi connectivity index (χ0) is 18.2. The quantitative estimate of drug-likeness (QED) is 0.783. The van der Waals surface area contributed by atoms with Crippen molar-refractivity contribution in [3.63, 3.8) is 0 Å². The van der Waals surface area contributed by atoms with Crippen molar-refractivity contribution < 1.29 is 23.8 Å². The van der Waals surface area contributed by atoms with Crippen molar-refractivity contribution in [2.24, 2.45) is 0 Å². The topological polar surface area (TPSA) is 73.9 Å². The molecule has 6 nitrogen and oxygen atoms in total. The van der Waals surface area contributed by atoms with Crippen LogP contribution in [-0.2, 0) is 9.53 Å². The van der Waals surface area contributed by atoms with Gasteiger partial charge in [0.1, 0.15) is 17.1 Å². The average molecular weight is 343 g/mol. The molecule has 0 aliphatic rings. The molecule has 132 valence electrons. The predicted molar refractivity (Wildman–Crippen MR) is 92.8 cm³/mol. The standard InChI is InChI=1S/C19H21NO5/c1-13(14-7-5-4-6-8-14)20-18(21)12-25-19(22)16-11-15(23-2)9-10-17(16)24-3/h4-11,13H,12H2,1-3H3,(H,20,21)/t13-/m0/s1. The number of methoxy groups -OCH3 is 2. The van der Waals surface area contributed by atoms with Gasteiger partial charge in [0.05, 0.1) is 20.3 Å². The number of rotatable bonds is 7. The molecule has 1 atom stereocenters. The Hall–Kier alpha value is -3.02. The zero-order valence-electron chi connectivity index (χ0n) is 14.4. The third kappa shape index (κ3) is 4.97. The fraction of sp³-hybridized carbons (Fsp3) is 0.263. The van der Waals surface area contributed by atoms with Crippen LogP contribution < -0.4 is 14.8 Å². The highest BCUT2D eigenvalue weighted by molar-refractivity contribution is 5.94. The minimum Gasteiger partial charge on any atom is -0.497 e. The first-order valence-electron chi connectivity index (χ1n) is 7.78. The van der Waals surface area contributed by atoms with E-state index in [2.05, 4.69) is 5.32 Å². The molecular weight excluding hydrogens is 322 g/mol. The van der Waals surface area contributed by atoms with E-state index in [-0.39, 0.29) is 24.1 Å². The van der Waals surface area contributed by atoms with Gasteiger partial charge in [0, 0.05) is 0 Å². The van der Waals surface area contributed by atoms with E-state index < -0.39 is 5.97 Å². The van der Waals surface area contributed by atoms with Crippen molar-refractivity contribution in [1.29, 1.82) is 0 Å². The second kappa shape index (κ2) is 8.73. The van der Waals surface area contributed by atoms with Crippen molar-refractivity contribution >= 4 is 11.9 Å². The second-order valence-corrected chi connectivity index (χ2v) is 5.34. The van der Waals surface area contributed by atoms with Gasteiger partial charge in [-0.25, -0.2) is 4.79 Å². The van der Waals surface area contributed by atoms with Gasteiger partial charge in [-0.3, -0.25) is 4.79 Å². The summed E-state index contributed by atoms with van der Waals surface area (Å²) in [6.45, 7) is 1.48. The lowest BCUT2D eigenvalue weighted by Crippen LogP contribution is -2.31. The summed E-state index contributed by atoms with van der Waals surface area (Å²) in [5, 5.41) is 2.78. The predicted octanol–water partition coefficient (Wildman–Crippen LogP) is 2.74. The lowest BCUT2D eigenvalue weighted by atomic mass is 10.1. The molecule has 25 heavy (non-hydrogen) atoms. The molecule has 6 heteroatoms. The van der Waals surface area contributed by atoms with E-state index in [1.807, 2.05) is 37.3 Å². The highest BCUT2D eigenvalue weighted by Crippen LogP contribution is 2.24. The highest BCUT2D eigenvalue weighted by Gasteiger charge is 2.17. The number of benzene rings is 2. The summed E-state index contributed by atoms with van der Waals surface area (Å²) in [7, 11) is 2.95. The molecular formula is C19H21NO5. The first kappa shape index (κ1) is 18.3. The number of amides is 1. The molecule has 0 spiro atoms. The summed E-state index contributed by atoms with van der Waals surface area (Å²) in [6, 6.07) is 14.1. The van der Waals surface area contributed by atoms with E-state index in [0.717, 1.165) is 5.56 Å². The van der Waals surface area contributed by atoms with E-state index in [9.17, 15) is 9.59 Å². The van der Waals surface area contributed by atoms with Gasteiger partial charge in [-0.2, -0.15) is 0 Å². The van der Waals surface area contributed by atoms with Crippen LogP contribution in [0.25, 0.3) is 0 Å². The van der Waals surface area contributed by atoms with Gasteiger partial charge in [0.15, 0.2) is 6.61 Å². The third-order valence-electron chi connectivity index (χ3n) is 3.64. The summed E-state index contributed by atoms with van der Waals surface area (Å²) in [5.41, 5.74) is 1.17. The summed E-state index contributed by atoms with van der Waals surface area (Å²) >= 11 is 0. The number of nitrogens with one attached hydrogen (secondary N) is 1. The van der Waals surface area contributed by atoms with Crippen molar-refractivity contribution in [2.45, 2.75) is 13.0 Å². The Morgan fingerprint density at radius 2 is 1.76 bits per heavy atom. The van der Waals surface area contributed by atoms with Gasteiger partial charge in [-0.15, -0.1) is 0 Å². The Morgan fingerprint density at radius 3 is 2.40 bits per heavy atom. The normalized spacial score (nSPS) is 11.3. The Morgan fingerprint density at radius 1 is 1.04 bits per heavy atom. The van der Waals surface area contributed by atoms with Gasteiger partial charge >= 0.3 is 5.97 Å². The Kier molecular flexibility index (Phi) is 6.39. The number of hydrogen-bond acceptors (Lipinski definition) is 5. The van der Waals surface area contributed by atoms with Crippen molar-refractivity contribution in [3.05, 3.63) is 59.7 Å². The summed E-state index contributed by atoms with van der Waals surface area (Å²) in [5.74, 6) is -0.191. The molecule has 0 saturated carbocycles. The van der Waals surface area contributed by atoms with E-state index in [1.165, 1.54) is 20.3 Å². The maximum Gasteiger partial charge on any atom is 0.342 e. The van der Waals surface area contributed by atoms with Gasteiger partial charge in [0.25, 0.3) is 5.91 Å². The third-order valence-corrected chi connectivity index (χ3v) is 3.64. The molecule has 0 aliphatic heterocycles. The van der Waals surface area contributed by atoms with Crippen LogP contribution in [0.3, 0.4) is 0 Å². The van der Waals surface area contributed by atoms with Crippen molar-refractivity contribution in [1.82, 2.24) is 5.32 Å². The fourth-order valence-corrected chi connectivity index (χ4v) is 2.29. The van der Waals surface area contributed by atoms with Gasteiger partial charge in [-0.05, 0) is 30.7 Å². The van der Waals surface area contributed by atoms with Crippen LogP contribution in [0.1, 0.15) is 28.9 Å². The van der Waals surface area contributed by atoms with Gasteiger partial charge in [-0.1, -0.05) is 30.3 Å². The minimum absolute atomic E-state index is 0.182. The first-order chi connectivity index (χ1) is 12.0. The lowest BCUT2D eigenvalue weighted by molar-refractivity contribution is -0.124. The summed E-state index contributed by atoms with van der Waals surface area (Å²) in [6.07, 6.45) is 0. The van der Waals surface area contributed by atoms with Crippen molar-refractivity contribution in [3.8, 4) is 11.5 Å². The van der Waals surface area contributed by atoms with E-state index in [4.69, 9.17) is 14.2 Å². The van der Waals surface area contributed by atoms with Crippen molar-refractivity contribution in [2.75, 3.05) is 20.8 Å². The van der Waals surface area contributed by atoms with Gasteiger partial charge < -0.3 is 19.5 Å². The maximum absolute atomic E-state index is 12.2. The Bertz CT molecular complexity index is 730. The number of carbonyl (C=O) groups excluding carboxylic acids is 2. The highest BCUT2D eigenvalue weighted by atomic mass is 16.5. The van der Waals surface area contributed by atoms with Crippen LogP contribution in [0.4, 0.5) is 0 Å². The molecule has 2 rings (SSSR count). The number of esters is 1. The zero-order valence-corrected chi connectivity index (χ0v) is 14.4. The van der Waals surface area contributed by atoms with Gasteiger partial charge in [0.2, 0.25) is 0 Å². The summed E-state index contributed by atoms with van der Waals surface area (Å²) < 4.78 is 15.3. The van der Waals surface area contributed by atoms with E-state index >= 15 is 0 Å². The molecule has 0 fully saturated rings. The van der Waals surface area contributed by atoms with Crippen LogP contribution >= 0.6 is 0 Å². The minimum atomic E-state index is -0.654. The molecule has 0 radical (unpaired) electrons. The van der Waals surface area contributed by atoms with Crippen LogP contribution in [0, 0.1) is 0 Å². The molecule has 2 aromatic rings. The molecule has 0 heterocycles. The average Bonchev–Trinajstić information content (AvgIpc) is 2.66. The molecule has 0 aliphatic carbocycles. The smallest absolute Gasteiger partial charge is 0.342 e. The first-order valence-corrected chi connectivity index (χ1v) is 7.78. The van der Waals surface area contributed by atoms with Crippen LogP contribution in [0.15, 0.2) is 48.5 Å². The molecule has 2 aromatic carbocycles. The maximum atomic E-state index is 12.2. The van der Waals surface area contributed by atoms with Crippen LogP contribution in [0.5, 0.6) is 11.5 Å².